The van der Waals surface area contributed by atoms with Crippen molar-refractivity contribution < 1.29 is 5.11 Å². The van der Waals surface area contributed by atoms with Crippen LogP contribution in [-0.2, 0) is 0 Å². The van der Waals surface area contributed by atoms with Gasteiger partial charge in [0.1, 0.15) is 0 Å². The van der Waals surface area contributed by atoms with Gasteiger partial charge in [0, 0.05) is 12.6 Å². The molecule has 1 saturated heterocycles. The molecule has 0 radical (unpaired) electrons. The van der Waals surface area contributed by atoms with Crippen molar-refractivity contribution in [2.24, 2.45) is 11.8 Å². The van der Waals surface area contributed by atoms with Crippen molar-refractivity contribution in [3.8, 4) is 0 Å². The average Bonchev–Trinajstić information content (AvgIpc) is 2.24. The number of aliphatic hydroxyl groups is 1. The smallest absolute Gasteiger partial charge is 0.0702 e. The van der Waals surface area contributed by atoms with E-state index >= 15 is 0 Å². The van der Waals surface area contributed by atoms with Crippen molar-refractivity contribution in [2.45, 2.75) is 64.0 Å². The molecule has 4 atom stereocenters. The molecular formula is C14H27NO. The monoisotopic (exact) mass is 225 g/mol. The Morgan fingerprint density at radius 1 is 1.25 bits per heavy atom. The van der Waals surface area contributed by atoms with Crippen molar-refractivity contribution in [3.63, 3.8) is 0 Å². The molecule has 16 heavy (non-hydrogen) atoms. The Kier molecular flexibility index (Phi) is 3.60. The first kappa shape index (κ1) is 12.4. The molecule has 2 nitrogen and oxygen atoms in total. The second-order valence-electron chi connectivity index (χ2n) is 6.36. The normalized spacial score (nSPS) is 46.9. The first-order valence-corrected chi connectivity index (χ1v) is 6.94. The zero-order valence-electron chi connectivity index (χ0n) is 11.1. The molecule has 0 aromatic carbocycles. The molecular weight excluding hydrogens is 198 g/mol. The summed E-state index contributed by atoms with van der Waals surface area (Å²) in [5, 5.41) is 10.9. The van der Waals surface area contributed by atoms with Gasteiger partial charge in [0.2, 0.25) is 0 Å². The van der Waals surface area contributed by atoms with Crippen LogP contribution in [0.2, 0.25) is 0 Å². The molecule has 2 fully saturated rings. The minimum atomic E-state index is -0.361. The van der Waals surface area contributed by atoms with Gasteiger partial charge in [-0.2, -0.15) is 0 Å². The first-order chi connectivity index (χ1) is 7.51. The molecule has 0 aromatic heterocycles. The van der Waals surface area contributed by atoms with Gasteiger partial charge in [-0.15, -0.1) is 0 Å². The Labute approximate surface area is 100 Å². The summed E-state index contributed by atoms with van der Waals surface area (Å²) in [6, 6.07) is 0.538. The quantitative estimate of drug-likeness (QED) is 0.741. The van der Waals surface area contributed by atoms with Gasteiger partial charge in [-0.1, -0.05) is 19.8 Å². The molecule has 94 valence electrons. The van der Waals surface area contributed by atoms with Crippen molar-refractivity contribution in [3.05, 3.63) is 0 Å². The van der Waals surface area contributed by atoms with Crippen LogP contribution < -0.4 is 0 Å². The summed E-state index contributed by atoms with van der Waals surface area (Å²) in [5.74, 6) is 1.38. The summed E-state index contributed by atoms with van der Waals surface area (Å²) in [6.07, 6.45) is 7.12. The fraction of sp³-hybridized carbons (Fsp3) is 1.00. The largest absolute Gasteiger partial charge is 0.389 e. The van der Waals surface area contributed by atoms with Crippen molar-refractivity contribution in [1.82, 2.24) is 4.90 Å². The predicted octanol–water partition coefficient (Wildman–Crippen LogP) is 2.66. The van der Waals surface area contributed by atoms with E-state index in [9.17, 15) is 5.11 Å². The average molecular weight is 225 g/mol. The lowest BCUT2D eigenvalue weighted by molar-refractivity contribution is -0.0931. The lowest BCUT2D eigenvalue weighted by Crippen LogP contribution is -2.52. The molecule has 0 spiro atoms. The number of hydrogen-bond donors (Lipinski definition) is 1. The SMILES string of the molecule is CC1CCCC(C2(O)CCN(C)C(C)C2)C1. The Morgan fingerprint density at radius 2 is 2.00 bits per heavy atom. The van der Waals surface area contributed by atoms with Crippen LogP contribution in [0.25, 0.3) is 0 Å². The fourth-order valence-corrected chi connectivity index (χ4v) is 3.65. The number of hydrogen-bond acceptors (Lipinski definition) is 2. The van der Waals surface area contributed by atoms with Crippen LogP contribution in [0.4, 0.5) is 0 Å². The maximum absolute atomic E-state index is 10.9. The van der Waals surface area contributed by atoms with Gasteiger partial charge in [-0.25, -0.2) is 0 Å². The van der Waals surface area contributed by atoms with Crippen LogP contribution in [0.3, 0.4) is 0 Å². The highest BCUT2D eigenvalue weighted by Gasteiger charge is 2.42. The summed E-state index contributed by atoms with van der Waals surface area (Å²) in [5.41, 5.74) is -0.361. The highest BCUT2D eigenvalue weighted by Crippen LogP contribution is 2.41. The van der Waals surface area contributed by atoms with E-state index < -0.39 is 0 Å². The zero-order valence-corrected chi connectivity index (χ0v) is 11.1. The van der Waals surface area contributed by atoms with E-state index in [-0.39, 0.29) is 5.60 Å². The number of piperidine rings is 1. The maximum Gasteiger partial charge on any atom is 0.0702 e. The Balaban J connectivity index is 2.01. The molecule has 1 N–H and O–H groups in total. The lowest BCUT2D eigenvalue weighted by atomic mass is 9.68. The topological polar surface area (TPSA) is 23.5 Å². The number of rotatable bonds is 1. The third-order valence-corrected chi connectivity index (χ3v) is 5.00. The fourth-order valence-electron chi connectivity index (χ4n) is 3.65. The minimum Gasteiger partial charge on any atom is -0.389 e. The number of likely N-dealkylation sites (tertiary alicyclic amines) is 1. The highest BCUT2D eigenvalue weighted by molar-refractivity contribution is 4.95. The van der Waals surface area contributed by atoms with Gasteiger partial charge in [0.25, 0.3) is 0 Å². The van der Waals surface area contributed by atoms with Crippen LogP contribution >= 0.6 is 0 Å². The predicted molar refractivity (Wildman–Crippen MR) is 67.4 cm³/mol. The molecule has 1 heterocycles. The summed E-state index contributed by atoms with van der Waals surface area (Å²) in [6.45, 7) is 5.65. The Hall–Kier alpha value is -0.0800. The minimum absolute atomic E-state index is 0.361. The molecule has 2 rings (SSSR count). The van der Waals surface area contributed by atoms with E-state index in [1.54, 1.807) is 0 Å². The highest BCUT2D eigenvalue weighted by atomic mass is 16.3. The lowest BCUT2D eigenvalue weighted by Gasteiger charge is -2.47. The van der Waals surface area contributed by atoms with Crippen LogP contribution in [0, 0.1) is 11.8 Å². The van der Waals surface area contributed by atoms with E-state index in [1.807, 2.05) is 0 Å². The molecule has 1 saturated carbocycles. The summed E-state index contributed by atoms with van der Waals surface area (Å²) < 4.78 is 0. The molecule has 1 aliphatic heterocycles. The first-order valence-electron chi connectivity index (χ1n) is 6.94. The summed E-state index contributed by atoms with van der Waals surface area (Å²) in [4.78, 5) is 2.38. The van der Waals surface area contributed by atoms with E-state index in [4.69, 9.17) is 0 Å². The van der Waals surface area contributed by atoms with Crippen LogP contribution in [0.5, 0.6) is 0 Å². The second kappa shape index (κ2) is 4.66. The molecule has 4 unspecified atom stereocenters. The molecule has 2 heteroatoms. The second-order valence-corrected chi connectivity index (χ2v) is 6.36. The van der Waals surface area contributed by atoms with Crippen molar-refractivity contribution in [2.75, 3.05) is 13.6 Å². The van der Waals surface area contributed by atoms with Gasteiger partial charge >= 0.3 is 0 Å². The Morgan fingerprint density at radius 3 is 2.62 bits per heavy atom. The van der Waals surface area contributed by atoms with Gasteiger partial charge in [-0.3, -0.25) is 0 Å². The molecule has 2 aliphatic rings. The third kappa shape index (κ3) is 2.43. The summed E-state index contributed by atoms with van der Waals surface area (Å²) in [7, 11) is 2.17. The Bertz CT molecular complexity index is 243. The van der Waals surface area contributed by atoms with Gasteiger partial charge in [-0.05, 0) is 51.5 Å². The van der Waals surface area contributed by atoms with E-state index in [0.29, 0.717) is 12.0 Å². The van der Waals surface area contributed by atoms with Gasteiger partial charge in [0.15, 0.2) is 0 Å². The molecule has 0 aromatic rings. The molecule has 0 amide bonds. The van der Waals surface area contributed by atoms with Crippen LogP contribution in [0.1, 0.15) is 52.4 Å². The zero-order chi connectivity index (χ0) is 11.8. The van der Waals surface area contributed by atoms with Crippen molar-refractivity contribution >= 4 is 0 Å². The molecule has 1 aliphatic carbocycles. The van der Waals surface area contributed by atoms with E-state index in [2.05, 4.69) is 25.8 Å². The van der Waals surface area contributed by atoms with E-state index in [1.165, 1.54) is 25.7 Å². The van der Waals surface area contributed by atoms with Crippen LogP contribution in [-0.4, -0.2) is 35.2 Å². The van der Waals surface area contributed by atoms with Crippen LogP contribution in [0.15, 0.2) is 0 Å². The van der Waals surface area contributed by atoms with E-state index in [0.717, 1.165) is 25.3 Å². The van der Waals surface area contributed by atoms with Crippen molar-refractivity contribution in [1.29, 1.82) is 0 Å². The third-order valence-electron chi connectivity index (χ3n) is 5.00. The van der Waals surface area contributed by atoms with Gasteiger partial charge in [0.05, 0.1) is 5.60 Å². The summed E-state index contributed by atoms with van der Waals surface area (Å²) >= 11 is 0. The standard InChI is InChI=1S/C14H27NO/c1-11-5-4-6-13(9-11)14(16)7-8-15(3)12(2)10-14/h11-13,16H,4-10H2,1-3H3. The van der Waals surface area contributed by atoms with Gasteiger partial charge < -0.3 is 10.0 Å². The molecule has 0 bridgehead atoms. The maximum atomic E-state index is 10.9. The number of nitrogens with zero attached hydrogens (tertiary/aromatic N) is 1.